The van der Waals surface area contributed by atoms with E-state index in [2.05, 4.69) is 43.1 Å². The highest BCUT2D eigenvalue weighted by Gasteiger charge is 2.16. The Hall–Kier alpha value is -0.930. The van der Waals surface area contributed by atoms with E-state index in [4.69, 9.17) is 18.0 Å². The van der Waals surface area contributed by atoms with E-state index >= 15 is 0 Å². The monoisotopic (exact) mass is 236 g/mol. The fraction of sp³-hybridized carbons (Fsp3) is 0.462. The van der Waals surface area contributed by atoms with Crippen LogP contribution in [0, 0.1) is 0 Å². The average molecular weight is 236 g/mol. The number of hydrogen-bond acceptors (Lipinski definition) is 2. The lowest BCUT2D eigenvalue weighted by atomic mass is 10.0. The first-order valence-corrected chi connectivity index (χ1v) is 6.09. The minimum absolute atomic E-state index is 0.304. The second kappa shape index (κ2) is 6.61. The molecule has 1 aromatic carbocycles. The zero-order valence-corrected chi connectivity index (χ0v) is 10.8. The number of rotatable bonds is 6. The third kappa shape index (κ3) is 3.91. The Morgan fingerprint density at radius 1 is 1.38 bits per heavy atom. The fourth-order valence-electron chi connectivity index (χ4n) is 1.90. The molecule has 0 amide bonds. The molecule has 0 aliphatic carbocycles. The Kier molecular flexibility index (Phi) is 5.43. The lowest BCUT2D eigenvalue weighted by Gasteiger charge is -2.27. The zero-order chi connectivity index (χ0) is 12.0. The van der Waals surface area contributed by atoms with Crippen LogP contribution in [0.2, 0.25) is 0 Å². The molecule has 0 heterocycles. The summed E-state index contributed by atoms with van der Waals surface area (Å²) in [7, 11) is 2.12. The van der Waals surface area contributed by atoms with Gasteiger partial charge in [0.2, 0.25) is 0 Å². The molecule has 0 radical (unpaired) electrons. The highest BCUT2D eigenvalue weighted by atomic mass is 32.1. The van der Waals surface area contributed by atoms with Gasteiger partial charge in [-0.25, -0.2) is 0 Å². The molecule has 1 atom stereocenters. The summed E-state index contributed by atoms with van der Waals surface area (Å²) in [5.74, 6) is 0. The van der Waals surface area contributed by atoms with Crippen LogP contribution in [0.4, 0.5) is 0 Å². The van der Waals surface area contributed by atoms with Gasteiger partial charge in [-0.1, -0.05) is 49.5 Å². The second-order valence-corrected chi connectivity index (χ2v) is 4.60. The van der Waals surface area contributed by atoms with E-state index in [0.717, 1.165) is 19.4 Å². The van der Waals surface area contributed by atoms with Crippen molar-refractivity contribution in [2.75, 3.05) is 13.6 Å². The Morgan fingerprint density at radius 2 is 2.00 bits per heavy atom. The maximum Gasteiger partial charge on any atom is 0.0746 e. The van der Waals surface area contributed by atoms with E-state index in [-0.39, 0.29) is 0 Å². The van der Waals surface area contributed by atoms with Gasteiger partial charge in [-0.05, 0) is 25.6 Å². The molecule has 0 aliphatic rings. The van der Waals surface area contributed by atoms with Gasteiger partial charge in [0, 0.05) is 12.5 Å². The summed E-state index contributed by atoms with van der Waals surface area (Å²) in [6, 6.07) is 10.7. The first-order chi connectivity index (χ1) is 7.65. The maximum atomic E-state index is 5.67. The number of hydrogen-bond donors (Lipinski definition) is 1. The average Bonchev–Trinajstić information content (AvgIpc) is 2.27. The summed E-state index contributed by atoms with van der Waals surface area (Å²) < 4.78 is 0. The minimum atomic E-state index is 0.304. The molecule has 1 rings (SSSR count). The number of nitrogens with zero attached hydrogens (tertiary/aromatic N) is 1. The van der Waals surface area contributed by atoms with Crippen molar-refractivity contribution in [3.05, 3.63) is 35.9 Å². The van der Waals surface area contributed by atoms with E-state index in [1.54, 1.807) is 0 Å². The summed E-state index contributed by atoms with van der Waals surface area (Å²) in [5.41, 5.74) is 6.95. The van der Waals surface area contributed by atoms with E-state index in [0.29, 0.717) is 11.0 Å². The highest BCUT2D eigenvalue weighted by Crippen LogP contribution is 2.22. The van der Waals surface area contributed by atoms with Crippen LogP contribution in [0.3, 0.4) is 0 Å². The minimum Gasteiger partial charge on any atom is -0.393 e. The largest absolute Gasteiger partial charge is 0.393 e. The van der Waals surface area contributed by atoms with Gasteiger partial charge in [0.1, 0.15) is 0 Å². The third-order valence-electron chi connectivity index (χ3n) is 2.69. The van der Waals surface area contributed by atoms with Crippen LogP contribution in [0.15, 0.2) is 30.3 Å². The van der Waals surface area contributed by atoms with Crippen molar-refractivity contribution >= 4 is 17.2 Å². The smallest absolute Gasteiger partial charge is 0.0746 e. The summed E-state index contributed by atoms with van der Waals surface area (Å²) in [6.07, 6.45) is 1.88. The molecule has 0 saturated carbocycles. The maximum absolute atomic E-state index is 5.67. The first-order valence-electron chi connectivity index (χ1n) is 5.68. The SMILES string of the molecule is CCCN(C)C(CC(N)=S)c1ccccc1. The number of nitrogens with two attached hydrogens (primary N) is 1. The predicted octanol–water partition coefficient (Wildman–Crippen LogP) is 2.75. The first kappa shape index (κ1) is 13.1. The van der Waals surface area contributed by atoms with Crippen LogP contribution in [0.5, 0.6) is 0 Å². The topological polar surface area (TPSA) is 29.3 Å². The van der Waals surface area contributed by atoms with Gasteiger partial charge >= 0.3 is 0 Å². The van der Waals surface area contributed by atoms with Crippen LogP contribution < -0.4 is 5.73 Å². The lowest BCUT2D eigenvalue weighted by molar-refractivity contribution is 0.251. The molecule has 0 aliphatic heterocycles. The summed E-state index contributed by atoms with van der Waals surface area (Å²) in [4.78, 5) is 2.89. The quantitative estimate of drug-likeness (QED) is 0.770. The Labute approximate surface area is 103 Å². The Balaban J connectivity index is 2.82. The molecule has 0 spiro atoms. The Morgan fingerprint density at radius 3 is 2.50 bits per heavy atom. The van der Waals surface area contributed by atoms with Crippen LogP contribution in [-0.4, -0.2) is 23.5 Å². The molecule has 1 aromatic rings. The fourth-order valence-corrected chi connectivity index (χ4v) is 2.06. The van der Waals surface area contributed by atoms with E-state index in [1.165, 1.54) is 5.56 Å². The van der Waals surface area contributed by atoms with E-state index in [9.17, 15) is 0 Å². The number of thiocarbonyl (C=S) groups is 1. The molecule has 16 heavy (non-hydrogen) atoms. The molecule has 2 nitrogen and oxygen atoms in total. The molecule has 3 heteroatoms. The van der Waals surface area contributed by atoms with Crippen molar-refractivity contribution in [2.24, 2.45) is 5.73 Å². The summed E-state index contributed by atoms with van der Waals surface area (Å²) >= 11 is 5.03. The van der Waals surface area contributed by atoms with Crippen LogP contribution in [0.25, 0.3) is 0 Å². The highest BCUT2D eigenvalue weighted by molar-refractivity contribution is 7.80. The van der Waals surface area contributed by atoms with Crippen LogP contribution in [0.1, 0.15) is 31.4 Å². The lowest BCUT2D eigenvalue weighted by Crippen LogP contribution is -2.28. The zero-order valence-electron chi connectivity index (χ0n) is 10.0. The molecular formula is C13H20N2S. The van der Waals surface area contributed by atoms with Gasteiger partial charge < -0.3 is 5.73 Å². The van der Waals surface area contributed by atoms with Crippen molar-refractivity contribution in [1.82, 2.24) is 4.90 Å². The normalized spacial score (nSPS) is 12.7. The molecule has 0 bridgehead atoms. The van der Waals surface area contributed by atoms with Crippen molar-refractivity contribution in [2.45, 2.75) is 25.8 Å². The third-order valence-corrected chi connectivity index (χ3v) is 2.85. The van der Waals surface area contributed by atoms with Gasteiger partial charge in [0.05, 0.1) is 4.99 Å². The number of benzene rings is 1. The molecule has 1 unspecified atom stereocenters. The van der Waals surface area contributed by atoms with Crippen molar-refractivity contribution in [3.63, 3.8) is 0 Å². The van der Waals surface area contributed by atoms with Gasteiger partial charge in [0.15, 0.2) is 0 Å². The van der Waals surface area contributed by atoms with E-state index in [1.807, 2.05) is 6.07 Å². The molecule has 0 aromatic heterocycles. The standard InChI is InChI=1S/C13H20N2S/c1-3-9-15(2)12(10-13(14)16)11-7-5-4-6-8-11/h4-8,12H,3,9-10H2,1-2H3,(H2,14,16). The van der Waals surface area contributed by atoms with Gasteiger partial charge in [0.25, 0.3) is 0 Å². The van der Waals surface area contributed by atoms with Crippen molar-refractivity contribution < 1.29 is 0 Å². The molecule has 0 fully saturated rings. The van der Waals surface area contributed by atoms with E-state index < -0.39 is 0 Å². The Bertz CT molecular complexity index is 324. The van der Waals surface area contributed by atoms with Crippen molar-refractivity contribution in [1.29, 1.82) is 0 Å². The summed E-state index contributed by atoms with van der Waals surface area (Å²) in [6.45, 7) is 3.24. The van der Waals surface area contributed by atoms with Crippen LogP contribution in [-0.2, 0) is 0 Å². The van der Waals surface area contributed by atoms with Gasteiger partial charge in [-0.2, -0.15) is 0 Å². The molecule has 0 saturated heterocycles. The molecular weight excluding hydrogens is 216 g/mol. The summed E-state index contributed by atoms with van der Waals surface area (Å²) in [5, 5.41) is 0. The van der Waals surface area contributed by atoms with Gasteiger partial charge in [-0.3, -0.25) is 4.90 Å². The van der Waals surface area contributed by atoms with Crippen LogP contribution >= 0.6 is 12.2 Å². The molecule has 88 valence electrons. The molecule has 2 N–H and O–H groups in total. The van der Waals surface area contributed by atoms with Crippen molar-refractivity contribution in [3.8, 4) is 0 Å². The van der Waals surface area contributed by atoms with Gasteiger partial charge in [-0.15, -0.1) is 0 Å². The predicted molar refractivity (Wildman–Crippen MR) is 73.5 cm³/mol. The second-order valence-electron chi connectivity index (χ2n) is 4.08.